The van der Waals surface area contributed by atoms with Crippen molar-refractivity contribution in [3.63, 3.8) is 0 Å². The number of nitrogens with two attached hydrogens (primary N) is 1. The molecule has 0 radical (unpaired) electrons. The van der Waals surface area contributed by atoms with E-state index in [2.05, 4.69) is 0 Å². The third kappa shape index (κ3) is 5.12. The molecule has 1 unspecified atom stereocenters. The van der Waals surface area contributed by atoms with Crippen LogP contribution >= 0.6 is 0 Å². The Balaban J connectivity index is 1.41. The largest absolute Gasteiger partial charge is 0.493 e. The first-order valence-corrected chi connectivity index (χ1v) is 12.9. The highest BCUT2D eigenvalue weighted by atomic mass is 16.5. The minimum Gasteiger partial charge on any atom is -0.493 e. The van der Waals surface area contributed by atoms with Gasteiger partial charge < -0.3 is 30.2 Å². The molecule has 0 bridgehead atoms. The number of Topliss-reactive ketones (excluding diaryl/α,β-unsaturated/α-hetero) is 1. The minimum absolute atomic E-state index is 0.0852. The van der Waals surface area contributed by atoms with Crippen LogP contribution in [0.4, 0.5) is 0 Å². The minimum atomic E-state index is -1.44. The van der Waals surface area contributed by atoms with Crippen LogP contribution in [0.1, 0.15) is 59.8 Å². The Morgan fingerprint density at radius 1 is 1.18 bits per heavy atom. The molecule has 5 rings (SSSR count). The van der Waals surface area contributed by atoms with E-state index in [-0.39, 0.29) is 37.9 Å². The van der Waals surface area contributed by atoms with Crippen molar-refractivity contribution < 1.29 is 29.2 Å². The standard InChI is InChI=1S/C30H34N2O6/c1-18-4-6-19(7-5-18)27-28-22(30(31,16-33)17-37-28)15-26(32-27)29(2,35)13-12-23(34)20-8-11-24(25(14-20)36-3)38-21-9-10-21/h4-8,11,14-15,21,33,35H,9-10,12-13,16-17,31H2,1-3H3/t29-,30?/m1/s1. The molecule has 0 saturated heterocycles. The predicted molar refractivity (Wildman–Crippen MR) is 143 cm³/mol. The van der Waals surface area contributed by atoms with Crippen LogP contribution in [0.3, 0.4) is 0 Å². The van der Waals surface area contributed by atoms with Crippen molar-refractivity contribution in [3.8, 4) is 28.5 Å². The number of rotatable bonds is 10. The number of aryl methyl sites for hydroxylation is 1. The number of ether oxygens (including phenoxy) is 3. The first-order valence-electron chi connectivity index (χ1n) is 12.9. The van der Waals surface area contributed by atoms with E-state index in [1.54, 1.807) is 38.3 Å². The molecule has 8 heteroatoms. The number of pyridine rings is 1. The van der Waals surface area contributed by atoms with Crippen molar-refractivity contribution >= 4 is 5.78 Å². The molecule has 2 atom stereocenters. The van der Waals surface area contributed by atoms with Crippen LogP contribution in [0.5, 0.6) is 17.2 Å². The average Bonchev–Trinajstić information content (AvgIpc) is 3.68. The molecule has 0 amide bonds. The van der Waals surface area contributed by atoms with Gasteiger partial charge in [-0.1, -0.05) is 29.8 Å². The van der Waals surface area contributed by atoms with Gasteiger partial charge in [-0.05, 0) is 57.4 Å². The van der Waals surface area contributed by atoms with Crippen molar-refractivity contribution in [2.24, 2.45) is 5.73 Å². The molecule has 4 N–H and O–H groups in total. The van der Waals surface area contributed by atoms with Crippen LogP contribution in [0.2, 0.25) is 0 Å². The SMILES string of the molecule is COc1cc(C(=O)CC[C@@](C)(O)c2cc3c(c(-c4ccc(C)cc4)n2)OCC3(N)CO)ccc1OC1CC1. The van der Waals surface area contributed by atoms with Crippen molar-refractivity contribution in [1.82, 2.24) is 4.98 Å². The Labute approximate surface area is 222 Å². The number of carbonyl (C=O) groups excluding carboxylic acids is 1. The molecule has 2 aromatic carbocycles. The maximum absolute atomic E-state index is 13.1. The number of methoxy groups -OCH3 is 1. The average molecular weight is 519 g/mol. The third-order valence-electron chi connectivity index (χ3n) is 7.28. The molecule has 200 valence electrons. The smallest absolute Gasteiger partial charge is 0.163 e. The lowest BCUT2D eigenvalue weighted by molar-refractivity contribution is 0.0396. The summed E-state index contributed by atoms with van der Waals surface area (Å²) in [6.07, 6.45) is 2.48. The number of ketones is 1. The number of aliphatic hydroxyl groups excluding tert-OH is 1. The Hall–Kier alpha value is -3.46. The summed E-state index contributed by atoms with van der Waals surface area (Å²) in [5, 5.41) is 21.5. The van der Waals surface area contributed by atoms with E-state index in [0.717, 1.165) is 24.0 Å². The number of fused-ring (bicyclic) bond motifs is 1. The molecule has 2 heterocycles. The third-order valence-corrected chi connectivity index (χ3v) is 7.28. The van der Waals surface area contributed by atoms with E-state index >= 15 is 0 Å². The van der Waals surface area contributed by atoms with Crippen LogP contribution < -0.4 is 19.9 Å². The van der Waals surface area contributed by atoms with Crippen molar-refractivity contribution in [3.05, 3.63) is 70.9 Å². The summed E-state index contributed by atoms with van der Waals surface area (Å²) in [6.45, 7) is 3.41. The second-order valence-corrected chi connectivity index (χ2v) is 10.6. The maximum Gasteiger partial charge on any atom is 0.163 e. The second-order valence-electron chi connectivity index (χ2n) is 10.6. The van der Waals surface area contributed by atoms with Gasteiger partial charge in [0.15, 0.2) is 23.0 Å². The molecule has 1 aliphatic heterocycles. The Morgan fingerprint density at radius 3 is 2.58 bits per heavy atom. The highest BCUT2D eigenvalue weighted by Gasteiger charge is 2.41. The van der Waals surface area contributed by atoms with Gasteiger partial charge in [0, 0.05) is 23.1 Å². The van der Waals surface area contributed by atoms with Gasteiger partial charge in [-0.2, -0.15) is 0 Å². The zero-order valence-electron chi connectivity index (χ0n) is 22.0. The number of aliphatic hydroxyl groups is 2. The van der Waals surface area contributed by atoms with Gasteiger partial charge in [0.1, 0.15) is 23.4 Å². The van der Waals surface area contributed by atoms with Crippen LogP contribution in [0, 0.1) is 6.92 Å². The molecule has 38 heavy (non-hydrogen) atoms. The summed E-state index contributed by atoms with van der Waals surface area (Å²) in [6, 6.07) is 14.7. The van der Waals surface area contributed by atoms with Gasteiger partial charge in [0.25, 0.3) is 0 Å². The molecule has 0 spiro atoms. The van der Waals surface area contributed by atoms with E-state index in [4.69, 9.17) is 24.9 Å². The van der Waals surface area contributed by atoms with Crippen molar-refractivity contribution in [2.75, 3.05) is 20.3 Å². The van der Waals surface area contributed by atoms with E-state index in [1.807, 2.05) is 31.2 Å². The Kier molecular flexibility index (Phi) is 6.90. The second kappa shape index (κ2) is 10.0. The van der Waals surface area contributed by atoms with Crippen molar-refractivity contribution in [2.45, 2.75) is 56.8 Å². The number of aromatic nitrogens is 1. The highest BCUT2D eigenvalue weighted by molar-refractivity contribution is 5.96. The van der Waals surface area contributed by atoms with E-state index < -0.39 is 11.1 Å². The molecule has 1 aliphatic carbocycles. The first-order chi connectivity index (χ1) is 18.1. The van der Waals surface area contributed by atoms with Gasteiger partial charge in [-0.15, -0.1) is 0 Å². The van der Waals surface area contributed by atoms with E-state index in [1.165, 1.54) is 0 Å². The molecule has 8 nitrogen and oxygen atoms in total. The zero-order valence-corrected chi connectivity index (χ0v) is 22.0. The van der Waals surface area contributed by atoms with Gasteiger partial charge in [-0.3, -0.25) is 4.79 Å². The van der Waals surface area contributed by atoms with Crippen LogP contribution in [0.15, 0.2) is 48.5 Å². The molecular weight excluding hydrogens is 484 g/mol. The quantitative estimate of drug-likeness (QED) is 0.344. The monoisotopic (exact) mass is 518 g/mol. The fraction of sp³-hybridized carbons (Fsp3) is 0.400. The van der Waals surface area contributed by atoms with Crippen LogP contribution in [-0.4, -0.2) is 47.4 Å². The summed E-state index contributed by atoms with van der Waals surface area (Å²) < 4.78 is 17.2. The Bertz CT molecular complexity index is 1350. The summed E-state index contributed by atoms with van der Waals surface area (Å²) in [7, 11) is 1.55. The fourth-order valence-corrected chi connectivity index (χ4v) is 4.57. The Morgan fingerprint density at radius 2 is 1.92 bits per heavy atom. The number of hydrogen-bond acceptors (Lipinski definition) is 8. The normalized spacial score (nSPS) is 19.8. The summed E-state index contributed by atoms with van der Waals surface area (Å²) in [4.78, 5) is 17.9. The predicted octanol–water partition coefficient (Wildman–Crippen LogP) is 4.02. The molecule has 1 saturated carbocycles. The van der Waals surface area contributed by atoms with Crippen molar-refractivity contribution in [1.29, 1.82) is 0 Å². The lowest BCUT2D eigenvalue weighted by Crippen LogP contribution is -2.42. The van der Waals surface area contributed by atoms with Gasteiger partial charge in [0.05, 0.1) is 25.5 Å². The van der Waals surface area contributed by atoms with E-state index in [0.29, 0.717) is 39.8 Å². The molecule has 1 aromatic heterocycles. The van der Waals surface area contributed by atoms with Gasteiger partial charge >= 0.3 is 0 Å². The topological polar surface area (TPSA) is 124 Å². The lowest BCUT2D eigenvalue weighted by Gasteiger charge is -2.26. The number of benzene rings is 2. The van der Waals surface area contributed by atoms with Gasteiger partial charge in [-0.25, -0.2) is 4.98 Å². The van der Waals surface area contributed by atoms with Crippen LogP contribution in [-0.2, 0) is 11.1 Å². The summed E-state index contributed by atoms with van der Waals surface area (Å²) >= 11 is 0. The highest BCUT2D eigenvalue weighted by Crippen LogP contribution is 2.44. The lowest BCUT2D eigenvalue weighted by atomic mass is 9.87. The summed E-state index contributed by atoms with van der Waals surface area (Å²) in [5.74, 6) is 1.51. The summed E-state index contributed by atoms with van der Waals surface area (Å²) in [5.41, 5.74) is 7.79. The van der Waals surface area contributed by atoms with Crippen LogP contribution in [0.25, 0.3) is 11.3 Å². The molecule has 3 aromatic rings. The fourth-order valence-electron chi connectivity index (χ4n) is 4.57. The number of carbonyl (C=O) groups is 1. The molecule has 2 aliphatic rings. The number of nitrogens with zero attached hydrogens (tertiary/aromatic N) is 1. The van der Waals surface area contributed by atoms with E-state index in [9.17, 15) is 15.0 Å². The molecular formula is C30H34N2O6. The maximum atomic E-state index is 13.1. The number of hydrogen-bond donors (Lipinski definition) is 3. The molecule has 1 fully saturated rings. The first kappa shape index (κ1) is 26.2. The zero-order chi connectivity index (χ0) is 27.1. The van der Waals surface area contributed by atoms with Gasteiger partial charge in [0.2, 0.25) is 0 Å².